The molecule has 5 heteroatoms. The molecule has 1 rings (SSSR count). The third-order valence-electron chi connectivity index (χ3n) is 2.77. The van der Waals surface area contributed by atoms with Gasteiger partial charge in [0.25, 0.3) is 0 Å². The molecule has 0 aliphatic carbocycles. The predicted molar refractivity (Wildman–Crippen MR) is 75.3 cm³/mol. The first-order valence-electron chi connectivity index (χ1n) is 6.51. The Hall–Kier alpha value is -1.10. The number of thiazole rings is 1. The van der Waals surface area contributed by atoms with Crippen LogP contribution in [0.1, 0.15) is 56.4 Å². The van der Waals surface area contributed by atoms with E-state index in [2.05, 4.69) is 28.9 Å². The van der Waals surface area contributed by atoms with E-state index in [9.17, 15) is 4.79 Å². The molecular weight excluding hydrogens is 248 g/mol. The van der Waals surface area contributed by atoms with Crippen molar-refractivity contribution in [3.63, 3.8) is 0 Å². The van der Waals surface area contributed by atoms with E-state index in [4.69, 9.17) is 0 Å². The molecule has 0 saturated heterocycles. The second-order valence-electron chi connectivity index (χ2n) is 4.30. The zero-order valence-electron chi connectivity index (χ0n) is 11.4. The number of aromatic nitrogens is 1. The largest absolute Gasteiger partial charge is 0.464 e. The summed E-state index contributed by atoms with van der Waals surface area (Å²) in [5.41, 5.74) is 0.385. The van der Waals surface area contributed by atoms with E-state index in [1.807, 2.05) is 0 Å². The van der Waals surface area contributed by atoms with Crippen molar-refractivity contribution >= 4 is 22.4 Å². The lowest BCUT2D eigenvalue weighted by molar-refractivity contribution is 0.0595. The first-order valence-corrected chi connectivity index (χ1v) is 7.39. The molecule has 0 amide bonds. The molecule has 102 valence electrons. The number of carbonyl (C=O) groups excluding carboxylic acids is 1. The van der Waals surface area contributed by atoms with Gasteiger partial charge in [0, 0.05) is 11.4 Å². The number of nitrogens with one attached hydrogen (secondary N) is 1. The van der Waals surface area contributed by atoms with Gasteiger partial charge in [0.05, 0.1) is 7.11 Å². The summed E-state index contributed by atoms with van der Waals surface area (Å²) in [5.74, 6) is -0.375. The van der Waals surface area contributed by atoms with Gasteiger partial charge < -0.3 is 10.1 Å². The molecule has 1 atom stereocenters. The minimum absolute atomic E-state index is 0.375. The number of carbonyl (C=O) groups is 1. The maximum atomic E-state index is 11.3. The van der Waals surface area contributed by atoms with Crippen molar-refractivity contribution in [2.24, 2.45) is 0 Å². The molecule has 1 aromatic rings. The van der Waals surface area contributed by atoms with Gasteiger partial charge in [-0.1, -0.05) is 33.1 Å². The Balaban J connectivity index is 2.57. The van der Waals surface area contributed by atoms with Crippen molar-refractivity contribution in [3.05, 3.63) is 11.1 Å². The highest BCUT2D eigenvalue weighted by Gasteiger charge is 2.13. The zero-order chi connectivity index (χ0) is 13.4. The highest BCUT2D eigenvalue weighted by atomic mass is 32.1. The number of methoxy groups -OCH3 is 1. The second-order valence-corrected chi connectivity index (χ2v) is 5.16. The topological polar surface area (TPSA) is 51.2 Å². The van der Waals surface area contributed by atoms with Crippen LogP contribution in [0.25, 0.3) is 0 Å². The lowest BCUT2D eigenvalue weighted by Gasteiger charge is -2.16. The van der Waals surface area contributed by atoms with Crippen LogP contribution >= 0.6 is 11.3 Å². The first kappa shape index (κ1) is 15.0. The van der Waals surface area contributed by atoms with Crippen LogP contribution in [-0.2, 0) is 4.74 Å². The van der Waals surface area contributed by atoms with Gasteiger partial charge in [-0.3, -0.25) is 0 Å². The zero-order valence-corrected chi connectivity index (χ0v) is 12.2. The van der Waals surface area contributed by atoms with E-state index in [1.165, 1.54) is 31.3 Å². The van der Waals surface area contributed by atoms with Crippen molar-refractivity contribution in [2.45, 2.75) is 52.0 Å². The summed E-state index contributed by atoms with van der Waals surface area (Å²) in [6, 6.07) is 0.451. The number of esters is 1. The number of anilines is 1. The number of ether oxygens (including phenoxy) is 1. The van der Waals surface area contributed by atoms with Crippen LogP contribution in [0.5, 0.6) is 0 Å². The summed E-state index contributed by atoms with van der Waals surface area (Å²) in [7, 11) is 1.37. The highest BCUT2D eigenvalue weighted by molar-refractivity contribution is 7.13. The molecule has 0 aromatic carbocycles. The van der Waals surface area contributed by atoms with E-state index in [0.717, 1.165) is 24.4 Å². The van der Waals surface area contributed by atoms with Gasteiger partial charge in [0.15, 0.2) is 10.8 Å². The van der Waals surface area contributed by atoms with Crippen LogP contribution in [0.15, 0.2) is 5.38 Å². The molecule has 1 aromatic heterocycles. The minimum atomic E-state index is -0.375. The van der Waals surface area contributed by atoms with Gasteiger partial charge in [-0.05, 0) is 12.8 Å². The molecule has 0 aliphatic heterocycles. The van der Waals surface area contributed by atoms with Crippen LogP contribution in [0, 0.1) is 0 Å². The average molecular weight is 270 g/mol. The van der Waals surface area contributed by atoms with E-state index in [-0.39, 0.29) is 5.97 Å². The maximum Gasteiger partial charge on any atom is 0.357 e. The van der Waals surface area contributed by atoms with Crippen molar-refractivity contribution in [2.75, 3.05) is 12.4 Å². The summed E-state index contributed by atoms with van der Waals surface area (Å²) in [5, 5.41) is 5.96. The maximum absolute atomic E-state index is 11.3. The van der Waals surface area contributed by atoms with E-state index in [1.54, 1.807) is 5.38 Å². The Labute approximate surface area is 113 Å². The molecule has 18 heavy (non-hydrogen) atoms. The van der Waals surface area contributed by atoms with Crippen molar-refractivity contribution < 1.29 is 9.53 Å². The first-order chi connectivity index (χ1) is 8.71. The van der Waals surface area contributed by atoms with Gasteiger partial charge in [-0.25, -0.2) is 9.78 Å². The van der Waals surface area contributed by atoms with Gasteiger partial charge in [0.1, 0.15) is 0 Å². The lowest BCUT2D eigenvalue weighted by atomic mass is 10.1. The van der Waals surface area contributed by atoms with Crippen LogP contribution in [0.4, 0.5) is 5.13 Å². The number of nitrogens with zero attached hydrogens (tertiary/aromatic N) is 1. The standard InChI is InChI=1S/C13H22N2O2S/c1-4-6-8-10(7-5-2)14-13-15-11(9-18-13)12(16)17-3/h9-10H,4-8H2,1-3H3,(H,14,15). The SMILES string of the molecule is CCCCC(CCC)Nc1nc(C(=O)OC)cs1. The minimum Gasteiger partial charge on any atom is -0.464 e. The molecule has 1 N–H and O–H groups in total. The third kappa shape index (κ3) is 4.64. The Morgan fingerprint density at radius 3 is 2.83 bits per heavy atom. The van der Waals surface area contributed by atoms with Crippen LogP contribution in [0.3, 0.4) is 0 Å². The average Bonchev–Trinajstić information content (AvgIpc) is 2.83. The van der Waals surface area contributed by atoms with Gasteiger partial charge >= 0.3 is 5.97 Å². The molecular formula is C13H22N2O2S. The summed E-state index contributed by atoms with van der Waals surface area (Å²) >= 11 is 1.46. The molecule has 1 unspecified atom stereocenters. The highest BCUT2D eigenvalue weighted by Crippen LogP contribution is 2.20. The Morgan fingerprint density at radius 2 is 2.22 bits per heavy atom. The fraction of sp³-hybridized carbons (Fsp3) is 0.692. The van der Waals surface area contributed by atoms with Gasteiger partial charge in [0.2, 0.25) is 0 Å². The molecule has 0 fully saturated rings. The van der Waals surface area contributed by atoms with E-state index in [0.29, 0.717) is 11.7 Å². The molecule has 0 bridgehead atoms. The summed E-state index contributed by atoms with van der Waals surface area (Å²) < 4.78 is 4.64. The summed E-state index contributed by atoms with van der Waals surface area (Å²) in [6.07, 6.45) is 5.85. The van der Waals surface area contributed by atoms with Crippen molar-refractivity contribution in [1.82, 2.24) is 4.98 Å². The number of unbranched alkanes of at least 4 members (excludes halogenated alkanes) is 1. The smallest absolute Gasteiger partial charge is 0.357 e. The molecule has 0 aliphatic rings. The third-order valence-corrected chi connectivity index (χ3v) is 3.54. The monoisotopic (exact) mass is 270 g/mol. The molecule has 4 nitrogen and oxygen atoms in total. The fourth-order valence-corrected chi connectivity index (χ4v) is 2.56. The summed E-state index contributed by atoms with van der Waals surface area (Å²) in [6.45, 7) is 4.38. The molecule has 0 radical (unpaired) electrons. The molecule has 0 spiro atoms. The Morgan fingerprint density at radius 1 is 1.44 bits per heavy atom. The number of hydrogen-bond acceptors (Lipinski definition) is 5. The van der Waals surface area contributed by atoms with Gasteiger partial charge in [-0.2, -0.15) is 0 Å². The number of rotatable bonds is 8. The van der Waals surface area contributed by atoms with Crippen molar-refractivity contribution in [3.8, 4) is 0 Å². The number of hydrogen-bond donors (Lipinski definition) is 1. The molecule has 0 saturated carbocycles. The van der Waals surface area contributed by atoms with Crippen LogP contribution in [0.2, 0.25) is 0 Å². The molecule has 1 heterocycles. The Kier molecular flexibility index (Phi) is 6.72. The van der Waals surface area contributed by atoms with Crippen molar-refractivity contribution in [1.29, 1.82) is 0 Å². The fourth-order valence-electron chi connectivity index (χ4n) is 1.80. The Bertz CT molecular complexity index is 366. The second kappa shape index (κ2) is 8.08. The van der Waals surface area contributed by atoms with Gasteiger partial charge in [-0.15, -0.1) is 11.3 Å². The predicted octanol–water partition coefficient (Wildman–Crippen LogP) is 3.70. The van der Waals surface area contributed by atoms with E-state index >= 15 is 0 Å². The normalized spacial score (nSPS) is 12.2. The van der Waals surface area contributed by atoms with Crippen LogP contribution < -0.4 is 5.32 Å². The van der Waals surface area contributed by atoms with E-state index < -0.39 is 0 Å². The summed E-state index contributed by atoms with van der Waals surface area (Å²) in [4.78, 5) is 15.5. The quantitative estimate of drug-likeness (QED) is 0.732. The lowest BCUT2D eigenvalue weighted by Crippen LogP contribution is -2.19. The van der Waals surface area contributed by atoms with Crippen LogP contribution in [-0.4, -0.2) is 24.1 Å².